The lowest BCUT2D eigenvalue weighted by Gasteiger charge is -2.32. The van der Waals surface area contributed by atoms with Crippen LogP contribution in [0.5, 0.6) is 0 Å². The molecule has 0 aliphatic carbocycles. The lowest BCUT2D eigenvalue weighted by atomic mass is 10.2. The number of carboxylic acid groups (broad SMARTS) is 1. The van der Waals surface area contributed by atoms with Crippen molar-refractivity contribution in [1.82, 2.24) is 15.5 Å². The highest BCUT2D eigenvalue weighted by molar-refractivity contribution is 5.83. The summed E-state index contributed by atoms with van der Waals surface area (Å²) in [5, 5.41) is 14.2. The van der Waals surface area contributed by atoms with E-state index in [1.807, 2.05) is 0 Å². The Morgan fingerprint density at radius 1 is 1.33 bits per heavy atom. The fourth-order valence-corrected chi connectivity index (χ4v) is 1.82. The van der Waals surface area contributed by atoms with E-state index in [0.29, 0.717) is 19.8 Å². The number of ether oxygens (including phenoxy) is 2. The molecule has 9 nitrogen and oxygen atoms in total. The second-order valence-corrected chi connectivity index (χ2v) is 4.45. The van der Waals surface area contributed by atoms with Crippen LogP contribution in [0.25, 0.3) is 0 Å². The lowest BCUT2D eigenvalue weighted by Crippen LogP contribution is -2.55. The number of hydrogen-bond acceptors (Lipinski definition) is 5. The van der Waals surface area contributed by atoms with Crippen LogP contribution < -0.4 is 10.6 Å². The van der Waals surface area contributed by atoms with Gasteiger partial charge in [-0.05, 0) is 0 Å². The monoisotopic (exact) mass is 303 g/mol. The number of nitrogens with zero attached hydrogens (tertiary/aromatic N) is 1. The van der Waals surface area contributed by atoms with Crippen molar-refractivity contribution in [1.29, 1.82) is 0 Å². The predicted octanol–water partition coefficient (Wildman–Crippen LogP) is -1.37. The van der Waals surface area contributed by atoms with Gasteiger partial charge < -0.3 is 30.1 Å². The third kappa shape index (κ3) is 5.96. The van der Waals surface area contributed by atoms with E-state index in [1.54, 1.807) is 0 Å². The first-order valence-electron chi connectivity index (χ1n) is 6.67. The van der Waals surface area contributed by atoms with Gasteiger partial charge in [0.15, 0.2) is 6.04 Å². The van der Waals surface area contributed by atoms with Gasteiger partial charge in [-0.3, -0.25) is 4.79 Å². The van der Waals surface area contributed by atoms with E-state index in [-0.39, 0.29) is 32.0 Å². The molecule has 0 saturated carbocycles. The number of rotatable bonds is 7. The Hall–Kier alpha value is -1.87. The zero-order chi connectivity index (χ0) is 15.7. The Morgan fingerprint density at radius 2 is 2.10 bits per heavy atom. The van der Waals surface area contributed by atoms with Gasteiger partial charge in [-0.2, -0.15) is 0 Å². The number of methoxy groups -OCH3 is 1. The minimum atomic E-state index is -1.11. The molecule has 1 fully saturated rings. The van der Waals surface area contributed by atoms with Gasteiger partial charge in [0.2, 0.25) is 5.91 Å². The molecule has 0 aromatic carbocycles. The molecule has 1 rings (SSSR count). The molecule has 1 atom stereocenters. The highest BCUT2D eigenvalue weighted by atomic mass is 16.5. The number of hydrogen-bond donors (Lipinski definition) is 3. The van der Waals surface area contributed by atoms with Crippen LogP contribution in [0.15, 0.2) is 0 Å². The molecule has 120 valence electrons. The van der Waals surface area contributed by atoms with Crippen LogP contribution in [0.2, 0.25) is 0 Å². The van der Waals surface area contributed by atoms with Crippen molar-refractivity contribution in [2.75, 3.05) is 46.6 Å². The Kier molecular flexibility index (Phi) is 7.48. The highest BCUT2D eigenvalue weighted by Crippen LogP contribution is 2.07. The van der Waals surface area contributed by atoms with Crippen molar-refractivity contribution in [3.8, 4) is 0 Å². The molecule has 9 heteroatoms. The number of carbonyl (C=O) groups is 3. The first-order valence-corrected chi connectivity index (χ1v) is 6.67. The van der Waals surface area contributed by atoms with Crippen molar-refractivity contribution in [3.63, 3.8) is 0 Å². The summed E-state index contributed by atoms with van der Waals surface area (Å²) >= 11 is 0. The van der Waals surface area contributed by atoms with Crippen LogP contribution in [0, 0.1) is 0 Å². The first-order chi connectivity index (χ1) is 10.1. The van der Waals surface area contributed by atoms with Gasteiger partial charge in [-0.15, -0.1) is 0 Å². The number of nitrogens with one attached hydrogen (secondary N) is 2. The molecular formula is C12H21N3O6. The van der Waals surface area contributed by atoms with Crippen LogP contribution in [0.1, 0.15) is 6.42 Å². The maximum absolute atomic E-state index is 11.9. The smallest absolute Gasteiger partial charge is 0.328 e. The zero-order valence-electron chi connectivity index (χ0n) is 12.0. The van der Waals surface area contributed by atoms with Crippen molar-refractivity contribution in [3.05, 3.63) is 0 Å². The van der Waals surface area contributed by atoms with Gasteiger partial charge in [0.05, 0.1) is 19.8 Å². The third-order valence-electron chi connectivity index (χ3n) is 2.93. The van der Waals surface area contributed by atoms with Crippen LogP contribution in [0.3, 0.4) is 0 Å². The number of carbonyl (C=O) groups excluding carboxylic acids is 2. The molecule has 21 heavy (non-hydrogen) atoms. The number of carboxylic acids is 1. The van der Waals surface area contributed by atoms with Crippen LogP contribution >= 0.6 is 0 Å². The summed E-state index contributed by atoms with van der Waals surface area (Å²) in [6.07, 6.45) is 0.123. The average molecular weight is 303 g/mol. The largest absolute Gasteiger partial charge is 0.480 e. The number of amides is 3. The molecular weight excluding hydrogens is 282 g/mol. The Morgan fingerprint density at radius 3 is 2.76 bits per heavy atom. The van der Waals surface area contributed by atoms with Crippen molar-refractivity contribution in [2.24, 2.45) is 0 Å². The molecule has 1 unspecified atom stereocenters. The summed E-state index contributed by atoms with van der Waals surface area (Å²) in [4.78, 5) is 35.5. The van der Waals surface area contributed by atoms with E-state index >= 15 is 0 Å². The van der Waals surface area contributed by atoms with Crippen LogP contribution in [-0.2, 0) is 19.1 Å². The Bertz CT molecular complexity index is 376. The lowest BCUT2D eigenvalue weighted by molar-refractivity contribution is -0.147. The van der Waals surface area contributed by atoms with E-state index < -0.39 is 18.0 Å². The van der Waals surface area contributed by atoms with E-state index in [1.165, 1.54) is 12.0 Å². The second kappa shape index (κ2) is 9.14. The molecule has 1 heterocycles. The Balaban J connectivity index is 2.29. The van der Waals surface area contributed by atoms with Crippen LogP contribution in [-0.4, -0.2) is 80.5 Å². The molecule has 0 aromatic heterocycles. The highest BCUT2D eigenvalue weighted by Gasteiger charge is 2.32. The fraction of sp³-hybridized carbons (Fsp3) is 0.750. The summed E-state index contributed by atoms with van der Waals surface area (Å²) in [5.41, 5.74) is 0. The zero-order valence-corrected chi connectivity index (χ0v) is 12.0. The van der Waals surface area contributed by atoms with Crippen molar-refractivity contribution in [2.45, 2.75) is 12.5 Å². The number of aliphatic carboxylic acids is 1. The maximum atomic E-state index is 11.9. The van der Waals surface area contributed by atoms with E-state index in [4.69, 9.17) is 14.6 Å². The Labute approximate surface area is 122 Å². The standard InChI is InChI=1S/C12H21N3O6/c1-20-6-4-13-10(16)2-3-14-12(19)15-5-7-21-8-9(15)11(17)18/h9H,2-8H2,1H3,(H,13,16)(H,14,19)(H,17,18). The molecule has 1 aliphatic heterocycles. The fourth-order valence-electron chi connectivity index (χ4n) is 1.82. The summed E-state index contributed by atoms with van der Waals surface area (Å²) in [6, 6.07) is -1.50. The van der Waals surface area contributed by atoms with Gasteiger partial charge >= 0.3 is 12.0 Å². The minimum Gasteiger partial charge on any atom is -0.480 e. The van der Waals surface area contributed by atoms with E-state index in [2.05, 4.69) is 10.6 Å². The molecule has 0 aromatic rings. The van der Waals surface area contributed by atoms with Gasteiger partial charge in [-0.1, -0.05) is 0 Å². The molecule has 0 spiro atoms. The maximum Gasteiger partial charge on any atom is 0.328 e. The molecule has 1 aliphatic rings. The van der Waals surface area contributed by atoms with Gasteiger partial charge in [0, 0.05) is 33.2 Å². The SMILES string of the molecule is COCCNC(=O)CCNC(=O)N1CCOCC1C(=O)O. The molecule has 3 amide bonds. The average Bonchev–Trinajstić information content (AvgIpc) is 2.47. The second-order valence-electron chi connectivity index (χ2n) is 4.45. The minimum absolute atomic E-state index is 0.0275. The molecule has 0 bridgehead atoms. The summed E-state index contributed by atoms with van der Waals surface area (Å²) in [7, 11) is 1.54. The molecule has 1 saturated heterocycles. The summed E-state index contributed by atoms with van der Waals surface area (Å²) in [6.45, 7) is 1.46. The molecule has 3 N–H and O–H groups in total. The van der Waals surface area contributed by atoms with Crippen LogP contribution in [0.4, 0.5) is 4.79 Å². The summed E-state index contributed by atoms with van der Waals surface area (Å²) < 4.78 is 9.83. The summed E-state index contributed by atoms with van der Waals surface area (Å²) in [5.74, 6) is -1.31. The topological polar surface area (TPSA) is 117 Å². The van der Waals surface area contributed by atoms with E-state index in [9.17, 15) is 14.4 Å². The normalized spacial score (nSPS) is 18.1. The third-order valence-corrected chi connectivity index (χ3v) is 2.93. The van der Waals surface area contributed by atoms with Gasteiger partial charge in [0.25, 0.3) is 0 Å². The quantitative estimate of drug-likeness (QED) is 0.500. The first kappa shape index (κ1) is 17.2. The van der Waals surface area contributed by atoms with Gasteiger partial charge in [0.1, 0.15) is 0 Å². The van der Waals surface area contributed by atoms with Crippen molar-refractivity contribution < 1.29 is 29.0 Å². The number of morpholine rings is 1. The predicted molar refractivity (Wildman–Crippen MR) is 71.9 cm³/mol. The van der Waals surface area contributed by atoms with Crippen molar-refractivity contribution >= 4 is 17.9 Å². The number of urea groups is 1. The van der Waals surface area contributed by atoms with Gasteiger partial charge in [-0.25, -0.2) is 9.59 Å². The van der Waals surface area contributed by atoms with E-state index in [0.717, 1.165) is 0 Å². The molecule has 0 radical (unpaired) electrons.